The van der Waals surface area contributed by atoms with E-state index in [-0.39, 0.29) is 12.5 Å². The summed E-state index contributed by atoms with van der Waals surface area (Å²) in [7, 11) is -2.69. The summed E-state index contributed by atoms with van der Waals surface area (Å²) in [5.41, 5.74) is 0. The van der Waals surface area contributed by atoms with Crippen LogP contribution < -0.4 is 0 Å². The Morgan fingerprint density at radius 1 is 1.67 bits per heavy atom. The Bertz CT molecular complexity index is 152. The lowest BCUT2D eigenvalue weighted by molar-refractivity contribution is 0.352. The third-order valence-corrected chi connectivity index (χ3v) is 3.04. The highest BCUT2D eigenvalue weighted by atomic mass is 35.5. The minimum Gasteiger partial charge on any atom is -0.261 e. The van der Waals surface area contributed by atoms with Gasteiger partial charge in [0.1, 0.15) is 0 Å². The first kappa shape index (κ1) is 9.55. The van der Waals surface area contributed by atoms with E-state index >= 15 is 0 Å². The predicted molar refractivity (Wildman–Crippen MR) is 39.1 cm³/mol. The molecule has 0 aromatic rings. The smallest absolute Gasteiger partial charge is 0.261 e. The molecule has 0 amide bonds. The first-order valence-electron chi connectivity index (χ1n) is 2.13. The maximum absolute atomic E-state index is 10.4. The van der Waals surface area contributed by atoms with Gasteiger partial charge in [0, 0.05) is 5.88 Å². The summed E-state index contributed by atoms with van der Waals surface area (Å²) < 4.78 is 25.2. The Hall–Kier alpha value is 0.550. The normalized spacial score (nSPS) is 11.8. The average Bonchev–Trinajstić information content (AvgIpc) is 1.84. The molecular formula is C3H7ClO3S2. The summed E-state index contributed by atoms with van der Waals surface area (Å²) in [4.78, 5) is 0. The van der Waals surface area contributed by atoms with Gasteiger partial charge in [0.25, 0.3) is 0 Å². The minimum absolute atomic E-state index is 0.0464. The fraction of sp³-hybridized carbons (Fsp3) is 1.00. The molecule has 9 heavy (non-hydrogen) atoms. The number of rotatable bonds is 4. The molecule has 0 unspecified atom stereocenters. The summed E-state index contributed by atoms with van der Waals surface area (Å²) in [6.45, 7) is 0.0464. The third kappa shape index (κ3) is 5.02. The van der Waals surface area contributed by atoms with Crippen molar-refractivity contribution in [2.75, 3.05) is 18.7 Å². The molecule has 0 spiro atoms. The maximum atomic E-state index is 10.4. The van der Waals surface area contributed by atoms with Gasteiger partial charge in [-0.3, -0.25) is 4.18 Å². The quantitative estimate of drug-likeness (QED) is 0.487. The van der Waals surface area contributed by atoms with E-state index in [1.54, 1.807) is 0 Å². The van der Waals surface area contributed by atoms with Crippen LogP contribution in [-0.2, 0) is 13.3 Å². The fourth-order valence-electron chi connectivity index (χ4n) is 0.182. The number of hydrogen-bond acceptors (Lipinski definition) is 4. The minimum atomic E-state index is -3.35. The Kier molecular flexibility index (Phi) is 4.65. The zero-order valence-electron chi connectivity index (χ0n) is 4.83. The third-order valence-electron chi connectivity index (χ3n) is 0.509. The molecule has 0 bridgehead atoms. The number of hydrogen-bond donors (Lipinski definition) is 0. The zero-order valence-corrected chi connectivity index (χ0v) is 7.22. The van der Waals surface area contributed by atoms with Crippen molar-refractivity contribution < 1.29 is 12.6 Å². The van der Waals surface area contributed by atoms with Crippen LogP contribution in [0.25, 0.3) is 0 Å². The van der Waals surface area contributed by atoms with E-state index < -0.39 is 9.15 Å². The molecule has 0 rings (SSSR count). The zero-order chi connectivity index (χ0) is 7.33. The molecule has 0 fully saturated rings. The van der Waals surface area contributed by atoms with Gasteiger partial charge < -0.3 is 0 Å². The topological polar surface area (TPSA) is 43.4 Å². The predicted octanol–water partition coefficient (Wildman–Crippen LogP) is 0.850. The maximum Gasteiger partial charge on any atom is 0.321 e. The van der Waals surface area contributed by atoms with Crippen molar-refractivity contribution in [3.63, 3.8) is 0 Å². The largest absolute Gasteiger partial charge is 0.321 e. The first-order chi connectivity index (χ1) is 4.12. The second-order valence-corrected chi connectivity index (χ2v) is 5.07. The van der Waals surface area contributed by atoms with E-state index in [4.69, 9.17) is 11.6 Å². The van der Waals surface area contributed by atoms with Gasteiger partial charge in [-0.15, -0.1) is 11.6 Å². The highest BCUT2D eigenvalue weighted by molar-refractivity contribution is 8.70. The van der Waals surface area contributed by atoms with E-state index in [2.05, 4.69) is 4.18 Å². The van der Waals surface area contributed by atoms with Gasteiger partial charge in [-0.1, -0.05) is 0 Å². The van der Waals surface area contributed by atoms with Crippen LogP contribution in [0.4, 0.5) is 0 Å². The van der Waals surface area contributed by atoms with Gasteiger partial charge >= 0.3 is 9.15 Å². The molecule has 0 aliphatic rings. The van der Waals surface area contributed by atoms with Crippen LogP contribution >= 0.6 is 22.4 Å². The van der Waals surface area contributed by atoms with Crippen LogP contribution in [0.5, 0.6) is 0 Å². The van der Waals surface area contributed by atoms with Gasteiger partial charge in [-0.25, -0.2) is 0 Å². The monoisotopic (exact) mass is 190 g/mol. The van der Waals surface area contributed by atoms with Crippen molar-refractivity contribution in [3.05, 3.63) is 0 Å². The molecule has 0 heterocycles. The molecule has 3 nitrogen and oxygen atoms in total. The van der Waals surface area contributed by atoms with Crippen molar-refractivity contribution >= 4 is 31.5 Å². The molecule has 0 atom stereocenters. The highest BCUT2D eigenvalue weighted by Crippen LogP contribution is 2.08. The van der Waals surface area contributed by atoms with Crippen LogP contribution in [0.1, 0.15) is 0 Å². The SMILES string of the molecule is CSS(=O)(=O)OCCCl. The number of halogens is 1. The number of alkyl halides is 1. The average molecular weight is 191 g/mol. The highest BCUT2D eigenvalue weighted by Gasteiger charge is 2.05. The molecule has 0 saturated carbocycles. The Labute approximate surface area is 63.2 Å². The Morgan fingerprint density at radius 3 is 2.56 bits per heavy atom. The van der Waals surface area contributed by atoms with Crippen molar-refractivity contribution in [2.24, 2.45) is 0 Å². The molecule has 0 saturated heterocycles. The lowest BCUT2D eigenvalue weighted by Gasteiger charge is -1.96. The molecule has 0 radical (unpaired) electrons. The van der Waals surface area contributed by atoms with E-state index in [1.807, 2.05) is 0 Å². The van der Waals surface area contributed by atoms with Gasteiger partial charge in [-0.2, -0.15) is 8.42 Å². The molecule has 0 aromatic heterocycles. The Balaban J connectivity index is 3.61. The van der Waals surface area contributed by atoms with Gasteiger partial charge in [0.2, 0.25) is 0 Å². The second-order valence-electron chi connectivity index (χ2n) is 1.09. The summed E-state index contributed by atoms with van der Waals surface area (Å²) in [5.74, 6) is 0.194. The van der Waals surface area contributed by atoms with Crippen molar-refractivity contribution in [3.8, 4) is 0 Å². The van der Waals surface area contributed by atoms with Crippen LogP contribution in [-0.4, -0.2) is 27.2 Å². The van der Waals surface area contributed by atoms with Gasteiger partial charge in [0.05, 0.1) is 6.61 Å². The van der Waals surface area contributed by atoms with Crippen LogP contribution in [0, 0.1) is 0 Å². The van der Waals surface area contributed by atoms with E-state index in [0.29, 0.717) is 10.8 Å². The van der Waals surface area contributed by atoms with Crippen LogP contribution in [0.3, 0.4) is 0 Å². The van der Waals surface area contributed by atoms with E-state index in [1.165, 1.54) is 6.26 Å². The van der Waals surface area contributed by atoms with Crippen LogP contribution in [0.15, 0.2) is 0 Å². The molecule has 0 aliphatic carbocycles. The van der Waals surface area contributed by atoms with Crippen molar-refractivity contribution in [1.82, 2.24) is 0 Å². The Morgan fingerprint density at radius 2 is 2.22 bits per heavy atom. The first-order valence-corrected chi connectivity index (χ1v) is 5.82. The van der Waals surface area contributed by atoms with E-state index in [9.17, 15) is 8.42 Å². The molecular weight excluding hydrogens is 184 g/mol. The summed E-state index contributed by atoms with van der Waals surface area (Å²) in [6, 6.07) is 0. The van der Waals surface area contributed by atoms with Crippen molar-refractivity contribution in [1.29, 1.82) is 0 Å². The molecule has 0 aromatic carbocycles. The lowest BCUT2D eigenvalue weighted by atomic mass is 10.9. The molecule has 0 aliphatic heterocycles. The standard InChI is InChI=1S/C3H7ClO3S2/c1-8-9(5,6)7-3-2-4/h2-3H2,1H3. The molecule has 6 heteroatoms. The van der Waals surface area contributed by atoms with Gasteiger partial charge in [0.15, 0.2) is 0 Å². The van der Waals surface area contributed by atoms with Gasteiger partial charge in [-0.05, 0) is 17.0 Å². The fourth-order valence-corrected chi connectivity index (χ4v) is 1.23. The van der Waals surface area contributed by atoms with Crippen LogP contribution in [0.2, 0.25) is 0 Å². The summed E-state index contributed by atoms with van der Waals surface area (Å²) in [6.07, 6.45) is 1.43. The molecule has 56 valence electrons. The lowest BCUT2D eigenvalue weighted by Crippen LogP contribution is -2.02. The second kappa shape index (κ2) is 4.38. The van der Waals surface area contributed by atoms with Crippen molar-refractivity contribution in [2.45, 2.75) is 0 Å². The van der Waals surface area contributed by atoms with E-state index in [0.717, 1.165) is 0 Å². The summed E-state index contributed by atoms with van der Waals surface area (Å²) in [5, 5.41) is 0. The summed E-state index contributed by atoms with van der Waals surface area (Å²) >= 11 is 5.17. The molecule has 0 N–H and O–H groups in total.